The minimum absolute atomic E-state index is 0.128. The van der Waals surface area contributed by atoms with Crippen molar-refractivity contribution in [2.45, 2.75) is 69.9 Å². The van der Waals surface area contributed by atoms with Crippen molar-refractivity contribution in [3.8, 4) is 0 Å². The predicted molar refractivity (Wildman–Crippen MR) is 121 cm³/mol. The van der Waals surface area contributed by atoms with E-state index in [1.165, 1.54) is 53.6 Å². The molecule has 6 rings (SSSR count). The molecular weight excluding hydrogens is 368 g/mol. The average Bonchev–Trinajstić information content (AvgIpc) is 3.01. The number of rotatable bonds is 1. The molecule has 0 bridgehead atoms. The second-order valence-corrected chi connectivity index (χ2v) is 10.1. The third-order valence-electron chi connectivity index (χ3n) is 8.04. The summed E-state index contributed by atoms with van der Waals surface area (Å²) >= 11 is 0. The van der Waals surface area contributed by atoms with Crippen LogP contribution in [0.25, 0.3) is 10.9 Å². The van der Waals surface area contributed by atoms with Gasteiger partial charge in [-0.05, 0) is 56.0 Å². The minimum Gasteiger partial charge on any atom is -0.295 e. The van der Waals surface area contributed by atoms with Crippen molar-refractivity contribution >= 4 is 16.8 Å². The van der Waals surface area contributed by atoms with Gasteiger partial charge in [-0.25, -0.2) is 0 Å². The summed E-state index contributed by atoms with van der Waals surface area (Å²) in [6.07, 6.45) is 5.48. The van der Waals surface area contributed by atoms with Gasteiger partial charge in [-0.15, -0.1) is 0 Å². The molecule has 1 fully saturated rings. The molecule has 0 N–H and O–H groups in total. The molecule has 3 nitrogen and oxygen atoms in total. The number of fused-ring (bicyclic) bond motifs is 5. The summed E-state index contributed by atoms with van der Waals surface area (Å²) in [7, 11) is 0. The van der Waals surface area contributed by atoms with Crippen LogP contribution in [0.1, 0.15) is 72.1 Å². The van der Waals surface area contributed by atoms with E-state index in [4.69, 9.17) is 0 Å². The Labute approximate surface area is 178 Å². The zero-order valence-corrected chi connectivity index (χ0v) is 18.0. The molecular formula is C27H30N2O. The third kappa shape index (κ3) is 2.58. The largest absolute Gasteiger partial charge is 0.295 e. The van der Waals surface area contributed by atoms with E-state index in [9.17, 15) is 4.79 Å². The zero-order valence-electron chi connectivity index (χ0n) is 18.0. The second kappa shape index (κ2) is 6.55. The molecule has 30 heavy (non-hydrogen) atoms. The van der Waals surface area contributed by atoms with Crippen molar-refractivity contribution < 1.29 is 4.79 Å². The van der Waals surface area contributed by atoms with E-state index in [-0.39, 0.29) is 11.3 Å². The van der Waals surface area contributed by atoms with Crippen molar-refractivity contribution in [1.29, 1.82) is 0 Å². The summed E-state index contributed by atoms with van der Waals surface area (Å²) in [4.78, 5) is 16.5. The Morgan fingerprint density at radius 2 is 1.90 bits per heavy atom. The molecule has 3 aromatic rings. The summed E-state index contributed by atoms with van der Waals surface area (Å²) in [6, 6.07) is 18.0. The van der Waals surface area contributed by atoms with Crippen molar-refractivity contribution in [3.05, 3.63) is 70.9 Å². The molecule has 0 saturated carbocycles. The maximum Gasteiger partial charge on any atom is 0.232 e. The topological polar surface area (TPSA) is 25.2 Å². The SMILES string of the molecule is Cc1ccc2c(c1)c1c3n2C(=O)CC(C)(c2ccccc2)CC3C2CCCCN2C1. The highest BCUT2D eigenvalue weighted by atomic mass is 16.2. The summed E-state index contributed by atoms with van der Waals surface area (Å²) in [5.74, 6) is 0.682. The number of hydrogen-bond acceptors (Lipinski definition) is 2. The molecule has 3 unspecified atom stereocenters. The van der Waals surface area contributed by atoms with Crippen molar-refractivity contribution in [1.82, 2.24) is 9.47 Å². The van der Waals surface area contributed by atoms with Crippen molar-refractivity contribution in [3.63, 3.8) is 0 Å². The number of aromatic nitrogens is 1. The van der Waals surface area contributed by atoms with E-state index >= 15 is 0 Å². The van der Waals surface area contributed by atoms with Gasteiger partial charge in [0.05, 0.1) is 5.52 Å². The number of piperidine rings is 1. The maximum atomic E-state index is 13.8. The van der Waals surface area contributed by atoms with Gasteiger partial charge < -0.3 is 0 Å². The van der Waals surface area contributed by atoms with Gasteiger partial charge in [-0.1, -0.05) is 55.3 Å². The lowest BCUT2D eigenvalue weighted by atomic mass is 9.69. The molecule has 3 atom stereocenters. The van der Waals surface area contributed by atoms with Crippen LogP contribution in [0, 0.1) is 6.92 Å². The molecule has 1 saturated heterocycles. The Morgan fingerprint density at radius 1 is 1.07 bits per heavy atom. The van der Waals surface area contributed by atoms with Crippen LogP contribution in [0.4, 0.5) is 0 Å². The van der Waals surface area contributed by atoms with E-state index < -0.39 is 0 Å². The van der Waals surface area contributed by atoms with E-state index in [1.807, 2.05) is 0 Å². The van der Waals surface area contributed by atoms with E-state index in [0.717, 1.165) is 18.5 Å². The van der Waals surface area contributed by atoms with Gasteiger partial charge >= 0.3 is 0 Å². The lowest BCUT2D eigenvalue weighted by molar-refractivity contribution is 0.0881. The molecule has 2 aromatic carbocycles. The second-order valence-electron chi connectivity index (χ2n) is 10.1. The molecule has 0 radical (unpaired) electrons. The highest BCUT2D eigenvalue weighted by Crippen LogP contribution is 2.51. The monoisotopic (exact) mass is 398 g/mol. The van der Waals surface area contributed by atoms with E-state index in [0.29, 0.717) is 18.4 Å². The van der Waals surface area contributed by atoms with Crippen LogP contribution in [0.5, 0.6) is 0 Å². The first-order valence-electron chi connectivity index (χ1n) is 11.5. The number of hydrogen-bond donors (Lipinski definition) is 0. The van der Waals surface area contributed by atoms with Crippen LogP contribution in [0.2, 0.25) is 0 Å². The van der Waals surface area contributed by atoms with Gasteiger partial charge in [-0.2, -0.15) is 0 Å². The summed E-state index contributed by atoms with van der Waals surface area (Å²) in [5, 5.41) is 1.30. The van der Waals surface area contributed by atoms with Crippen LogP contribution in [0.15, 0.2) is 48.5 Å². The van der Waals surface area contributed by atoms with Gasteiger partial charge in [0.2, 0.25) is 5.91 Å². The Hall–Kier alpha value is -2.39. The maximum absolute atomic E-state index is 13.8. The normalized spacial score (nSPS) is 28.8. The first-order valence-corrected chi connectivity index (χ1v) is 11.5. The van der Waals surface area contributed by atoms with Gasteiger partial charge in [-0.3, -0.25) is 14.3 Å². The molecule has 0 amide bonds. The Bertz CT molecular complexity index is 1140. The van der Waals surface area contributed by atoms with Crippen molar-refractivity contribution in [2.24, 2.45) is 0 Å². The molecule has 4 heterocycles. The molecule has 3 aliphatic heterocycles. The highest BCUT2D eigenvalue weighted by Gasteiger charge is 2.47. The predicted octanol–water partition coefficient (Wildman–Crippen LogP) is 5.79. The van der Waals surface area contributed by atoms with Crippen LogP contribution in [-0.2, 0) is 12.0 Å². The third-order valence-corrected chi connectivity index (χ3v) is 8.04. The fraction of sp³-hybridized carbons (Fsp3) is 0.444. The fourth-order valence-corrected chi connectivity index (χ4v) is 6.63. The zero-order chi connectivity index (χ0) is 20.5. The van der Waals surface area contributed by atoms with Gasteiger partial charge in [0.25, 0.3) is 0 Å². The Balaban J connectivity index is 1.60. The molecule has 1 aromatic heterocycles. The lowest BCUT2D eigenvalue weighted by Crippen LogP contribution is -2.47. The molecule has 0 aliphatic carbocycles. The summed E-state index contributed by atoms with van der Waals surface area (Å²) in [6.45, 7) is 6.67. The van der Waals surface area contributed by atoms with Crippen LogP contribution in [0.3, 0.4) is 0 Å². The number of nitrogens with zero attached hydrogens (tertiary/aromatic N) is 2. The van der Waals surface area contributed by atoms with Crippen LogP contribution < -0.4 is 0 Å². The standard InChI is InChI=1S/C27H30N2O/c1-18-11-12-24-20(14-18)22-17-28-13-7-6-10-23(28)21-15-27(2,19-8-4-3-5-9-19)16-25(30)29(24)26(21)22/h3-5,8-9,11-12,14,21,23H,6-7,10,13,15-17H2,1-2H3. The minimum atomic E-state index is -0.128. The fourth-order valence-electron chi connectivity index (χ4n) is 6.63. The first-order chi connectivity index (χ1) is 14.5. The quantitative estimate of drug-likeness (QED) is 0.518. The first kappa shape index (κ1) is 18.4. The van der Waals surface area contributed by atoms with Crippen LogP contribution in [-0.4, -0.2) is 28.0 Å². The molecule has 154 valence electrons. The summed E-state index contributed by atoms with van der Waals surface area (Å²) in [5.41, 5.74) is 6.33. The van der Waals surface area contributed by atoms with Crippen molar-refractivity contribution in [2.75, 3.05) is 6.54 Å². The number of aryl methyl sites for hydroxylation is 1. The van der Waals surface area contributed by atoms with E-state index in [2.05, 4.69) is 71.8 Å². The number of carbonyl (C=O) groups is 1. The average molecular weight is 399 g/mol. The lowest BCUT2D eigenvalue weighted by Gasteiger charge is -2.46. The molecule has 0 spiro atoms. The van der Waals surface area contributed by atoms with Gasteiger partial charge in [0.1, 0.15) is 0 Å². The highest BCUT2D eigenvalue weighted by molar-refractivity contribution is 5.97. The van der Waals surface area contributed by atoms with Gasteiger partial charge in [0, 0.05) is 41.4 Å². The van der Waals surface area contributed by atoms with Gasteiger partial charge in [0.15, 0.2) is 0 Å². The molecule has 3 heteroatoms. The van der Waals surface area contributed by atoms with Crippen LogP contribution >= 0.6 is 0 Å². The number of carbonyl (C=O) groups excluding carboxylic acids is 1. The Morgan fingerprint density at radius 3 is 2.73 bits per heavy atom. The summed E-state index contributed by atoms with van der Waals surface area (Å²) < 4.78 is 2.13. The Kier molecular flexibility index (Phi) is 4.02. The molecule has 3 aliphatic rings. The number of benzene rings is 2. The van der Waals surface area contributed by atoms with E-state index in [1.54, 1.807) is 0 Å². The smallest absolute Gasteiger partial charge is 0.232 e.